The second-order valence-electron chi connectivity index (χ2n) is 5.48. The molecule has 3 aromatic rings. The van der Waals surface area contributed by atoms with Crippen molar-refractivity contribution < 1.29 is 4.79 Å². The number of amides is 1. The van der Waals surface area contributed by atoms with Crippen LogP contribution in [0.2, 0.25) is 0 Å². The Balaban J connectivity index is 1.66. The highest BCUT2D eigenvalue weighted by atomic mass is 16.1. The van der Waals surface area contributed by atoms with Gasteiger partial charge in [0.15, 0.2) is 11.5 Å². The van der Waals surface area contributed by atoms with Crippen molar-refractivity contribution in [2.45, 2.75) is 25.2 Å². The molecule has 0 bridgehead atoms. The van der Waals surface area contributed by atoms with Crippen molar-refractivity contribution in [3.05, 3.63) is 54.2 Å². The summed E-state index contributed by atoms with van der Waals surface area (Å²) >= 11 is 0. The van der Waals surface area contributed by atoms with Crippen LogP contribution in [0.25, 0.3) is 5.65 Å². The quantitative estimate of drug-likeness (QED) is 0.805. The maximum atomic E-state index is 12.3. The lowest BCUT2D eigenvalue weighted by Gasteiger charge is -2.21. The zero-order chi connectivity index (χ0) is 14.9. The molecule has 1 fully saturated rings. The molecule has 6 nitrogen and oxygen atoms in total. The summed E-state index contributed by atoms with van der Waals surface area (Å²) in [5, 5.41) is 7.42. The number of hydrogen-bond acceptors (Lipinski definition) is 4. The molecular formula is C16H15N5O. The predicted molar refractivity (Wildman–Crippen MR) is 81.8 cm³/mol. The van der Waals surface area contributed by atoms with Crippen LogP contribution in [0.3, 0.4) is 0 Å². The fraction of sp³-hybridized carbons (Fsp3) is 0.250. The lowest BCUT2D eigenvalue weighted by atomic mass is 9.85. The minimum Gasteiger partial charge on any atom is -0.319 e. The van der Waals surface area contributed by atoms with Crippen LogP contribution in [-0.2, 0) is 0 Å². The summed E-state index contributed by atoms with van der Waals surface area (Å²) < 4.78 is 1.73. The van der Waals surface area contributed by atoms with Crippen LogP contribution >= 0.6 is 0 Å². The lowest BCUT2D eigenvalue weighted by Crippen LogP contribution is -2.12. The van der Waals surface area contributed by atoms with E-state index < -0.39 is 0 Å². The molecule has 0 unspecified atom stereocenters. The van der Waals surface area contributed by atoms with Crippen LogP contribution in [0.4, 0.5) is 5.69 Å². The van der Waals surface area contributed by atoms with E-state index in [9.17, 15) is 4.79 Å². The number of fused-ring (bicyclic) bond motifs is 1. The van der Waals surface area contributed by atoms with Gasteiger partial charge in [-0.2, -0.15) is 5.10 Å². The molecule has 1 N–H and O–H groups in total. The van der Waals surface area contributed by atoms with Gasteiger partial charge in [0.2, 0.25) is 0 Å². The summed E-state index contributed by atoms with van der Waals surface area (Å²) in [6.45, 7) is 0. The number of aromatic nitrogens is 4. The zero-order valence-corrected chi connectivity index (χ0v) is 11.9. The number of carbonyl (C=O) groups excluding carboxylic acids is 1. The van der Waals surface area contributed by atoms with Crippen molar-refractivity contribution in [3.63, 3.8) is 0 Å². The van der Waals surface area contributed by atoms with Gasteiger partial charge in [-0.1, -0.05) is 6.42 Å². The largest absolute Gasteiger partial charge is 0.319 e. The molecule has 110 valence electrons. The number of anilines is 1. The summed E-state index contributed by atoms with van der Waals surface area (Å²) in [6.07, 6.45) is 8.59. The summed E-state index contributed by atoms with van der Waals surface area (Å²) in [5.74, 6) is 1.16. The second kappa shape index (κ2) is 5.22. The van der Waals surface area contributed by atoms with Gasteiger partial charge >= 0.3 is 0 Å². The number of nitrogens with zero attached hydrogens (tertiary/aromatic N) is 4. The van der Waals surface area contributed by atoms with Crippen molar-refractivity contribution in [3.8, 4) is 0 Å². The smallest absolute Gasteiger partial charge is 0.255 e. The van der Waals surface area contributed by atoms with E-state index in [1.54, 1.807) is 29.0 Å². The Bertz CT molecular complexity index is 823. The van der Waals surface area contributed by atoms with Crippen molar-refractivity contribution in [1.82, 2.24) is 19.6 Å². The molecule has 4 rings (SSSR count). The first-order valence-corrected chi connectivity index (χ1v) is 7.38. The van der Waals surface area contributed by atoms with Gasteiger partial charge in [0.25, 0.3) is 5.91 Å². The van der Waals surface area contributed by atoms with Crippen LogP contribution in [0.5, 0.6) is 0 Å². The maximum Gasteiger partial charge on any atom is 0.255 e. The number of carbonyl (C=O) groups is 1. The maximum absolute atomic E-state index is 12.3. The van der Waals surface area contributed by atoms with Gasteiger partial charge in [-0.15, -0.1) is 0 Å². The van der Waals surface area contributed by atoms with Gasteiger partial charge in [-0.25, -0.2) is 9.50 Å². The Kier molecular flexibility index (Phi) is 3.07. The van der Waals surface area contributed by atoms with Gasteiger partial charge in [0.05, 0.1) is 5.69 Å². The molecule has 0 aliphatic heterocycles. The van der Waals surface area contributed by atoms with Crippen LogP contribution in [0, 0.1) is 0 Å². The van der Waals surface area contributed by atoms with Gasteiger partial charge in [0.1, 0.15) is 0 Å². The SMILES string of the molecule is O=C(Nc1cccn2nc(C3CCC3)nc12)c1ccncc1. The summed E-state index contributed by atoms with van der Waals surface area (Å²) in [7, 11) is 0. The van der Waals surface area contributed by atoms with Crippen LogP contribution < -0.4 is 5.32 Å². The van der Waals surface area contributed by atoms with Crippen LogP contribution in [0.15, 0.2) is 42.9 Å². The van der Waals surface area contributed by atoms with E-state index >= 15 is 0 Å². The topological polar surface area (TPSA) is 72.2 Å². The average Bonchev–Trinajstić information content (AvgIpc) is 2.90. The van der Waals surface area contributed by atoms with E-state index in [2.05, 4.69) is 20.4 Å². The number of rotatable bonds is 3. The molecule has 1 aliphatic carbocycles. The fourth-order valence-electron chi connectivity index (χ4n) is 2.56. The van der Waals surface area contributed by atoms with Crippen molar-refractivity contribution in [1.29, 1.82) is 0 Å². The van der Waals surface area contributed by atoms with Crippen molar-refractivity contribution in [2.75, 3.05) is 5.32 Å². The average molecular weight is 293 g/mol. The van der Waals surface area contributed by atoms with Crippen molar-refractivity contribution >= 4 is 17.2 Å². The molecule has 1 aliphatic rings. The van der Waals surface area contributed by atoms with Crippen LogP contribution in [0.1, 0.15) is 41.4 Å². The fourth-order valence-corrected chi connectivity index (χ4v) is 2.56. The molecular weight excluding hydrogens is 278 g/mol. The molecule has 0 saturated heterocycles. The molecule has 3 heterocycles. The third kappa shape index (κ3) is 2.22. The highest BCUT2D eigenvalue weighted by Gasteiger charge is 2.24. The Morgan fingerprint density at radius 1 is 1.23 bits per heavy atom. The standard InChI is InChI=1S/C16H15N5O/c22-16(12-6-8-17-9-7-12)18-13-5-2-10-21-15(13)19-14(20-21)11-3-1-4-11/h2,5-11H,1,3-4H2,(H,18,22). The molecule has 1 amide bonds. The molecule has 0 radical (unpaired) electrons. The number of pyridine rings is 2. The van der Waals surface area contributed by atoms with Crippen LogP contribution in [-0.4, -0.2) is 25.5 Å². The minimum absolute atomic E-state index is 0.177. The lowest BCUT2D eigenvalue weighted by molar-refractivity contribution is 0.102. The Hall–Kier alpha value is -2.76. The zero-order valence-electron chi connectivity index (χ0n) is 11.9. The van der Waals surface area contributed by atoms with E-state index in [1.807, 2.05) is 18.3 Å². The molecule has 0 aromatic carbocycles. The number of hydrogen-bond donors (Lipinski definition) is 1. The Morgan fingerprint density at radius 2 is 2.05 bits per heavy atom. The second-order valence-corrected chi connectivity index (χ2v) is 5.48. The van der Waals surface area contributed by atoms with Crippen molar-refractivity contribution in [2.24, 2.45) is 0 Å². The first-order valence-electron chi connectivity index (χ1n) is 7.38. The monoisotopic (exact) mass is 293 g/mol. The Labute approximate surface area is 127 Å². The van der Waals surface area contributed by atoms with Gasteiger partial charge < -0.3 is 5.32 Å². The van der Waals surface area contributed by atoms with E-state index in [0.717, 1.165) is 18.7 Å². The minimum atomic E-state index is -0.177. The molecule has 1 saturated carbocycles. The highest BCUT2D eigenvalue weighted by Crippen LogP contribution is 2.35. The summed E-state index contributed by atoms with van der Waals surface area (Å²) in [5.41, 5.74) is 1.92. The predicted octanol–water partition coefficient (Wildman–Crippen LogP) is 2.64. The molecule has 0 atom stereocenters. The summed E-state index contributed by atoms with van der Waals surface area (Å²) in [4.78, 5) is 20.8. The first-order chi connectivity index (χ1) is 10.8. The van der Waals surface area contributed by atoms with E-state index in [-0.39, 0.29) is 5.91 Å². The molecule has 3 aromatic heterocycles. The van der Waals surface area contributed by atoms with E-state index in [1.165, 1.54) is 6.42 Å². The first kappa shape index (κ1) is 12.9. The normalized spacial score (nSPS) is 14.7. The number of nitrogens with one attached hydrogen (secondary N) is 1. The molecule has 22 heavy (non-hydrogen) atoms. The third-order valence-electron chi connectivity index (χ3n) is 4.04. The third-order valence-corrected chi connectivity index (χ3v) is 4.04. The van der Waals surface area contributed by atoms with Gasteiger partial charge in [0, 0.05) is 30.1 Å². The van der Waals surface area contributed by atoms with E-state index in [4.69, 9.17) is 0 Å². The highest BCUT2D eigenvalue weighted by molar-refractivity contribution is 6.05. The summed E-state index contributed by atoms with van der Waals surface area (Å²) in [6, 6.07) is 7.06. The van der Waals surface area contributed by atoms with Gasteiger partial charge in [-0.3, -0.25) is 9.78 Å². The van der Waals surface area contributed by atoms with Gasteiger partial charge in [-0.05, 0) is 37.1 Å². The molecule has 0 spiro atoms. The Morgan fingerprint density at radius 3 is 2.77 bits per heavy atom. The van der Waals surface area contributed by atoms with E-state index in [0.29, 0.717) is 22.8 Å². The molecule has 6 heteroatoms.